The van der Waals surface area contributed by atoms with E-state index < -0.39 is 10.0 Å². The summed E-state index contributed by atoms with van der Waals surface area (Å²) in [6, 6.07) is 0. The van der Waals surface area contributed by atoms with Crippen LogP contribution in [0.1, 0.15) is 27.2 Å². The van der Waals surface area contributed by atoms with Crippen molar-refractivity contribution in [3.8, 4) is 0 Å². The minimum atomic E-state index is -3.25. The Bertz CT molecular complexity index is 298. The summed E-state index contributed by atoms with van der Waals surface area (Å²) in [5, 5.41) is 7.10. The van der Waals surface area contributed by atoms with Crippen molar-refractivity contribution in [3.05, 3.63) is 0 Å². The normalized spacial score (nSPS) is 12.3. The van der Waals surface area contributed by atoms with Gasteiger partial charge in [0.25, 0.3) is 0 Å². The molecule has 0 unspecified atom stereocenters. The summed E-state index contributed by atoms with van der Waals surface area (Å²) in [6.07, 6.45) is 0.636. The molecule has 0 bridgehead atoms. The Morgan fingerprint density at radius 2 is 2.00 bits per heavy atom. The van der Waals surface area contributed by atoms with E-state index in [1.807, 2.05) is 13.8 Å². The topological polar surface area (TPSA) is 87.2 Å². The van der Waals surface area contributed by atoms with Crippen molar-refractivity contribution in [2.45, 2.75) is 27.2 Å². The molecule has 90 valence electrons. The molecule has 0 spiro atoms. The number of nitrogens with zero attached hydrogens (tertiary/aromatic N) is 1. The molecule has 0 aromatic carbocycles. The summed E-state index contributed by atoms with van der Waals surface area (Å²) in [4.78, 5) is 0. The molecule has 0 fully saturated rings. The number of sulfonamides is 1. The lowest BCUT2D eigenvalue weighted by atomic mass is 10.2. The van der Waals surface area contributed by atoms with E-state index in [4.69, 9.17) is 11.1 Å². The van der Waals surface area contributed by atoms with Gasteiger partial charge in [-0.2, -0.15) is 4.31 Å². The number of nitrogens with one attached hydrogen (secondary N) is 1. The summed E-state index contributed by atoms with van der Waals surface area (Å²) >= 11 is 0. The molecule has 0 radical (unpaired) electrons. The summed E-state index contributed by atoms with van der Waals surface area (Å²) in [7, 11) is -3.25. The van der Waals surface area contributed by atoms with Gasteiger partial charge in [0.1, 0.15) is 5.84 Å². The maximum absolute atomic E-state index is 11.8. The highest BCUT2D eigenvalue weighted by Crippen LogP contribution is 2.07. The van der Waals surface area contributed by atoms with Gasteiger partial charge < -0.3 is 5.73 Å². The van der Waals surface area contributed by atoms with Gasteiger partial charge in [0.2, 0.25) is 10.0 Å². The van der Waals surface area contributed by atoms with E-state index in [1.165, 1.54) is 4.31 Å². The van der Waals surface area contributed by atoms with Gasteiger partial charge in [-0.25, -0.2) is 8.42 Å². The van der Waals surface area contributed by atoms with Crippen molar-refractivity contribution in [1.29, 1.82) is 5.41 Å². The van der Waals surface area contributed by atoms with Crippen LogP contribution < -0.4 is 5.73 Å². The summed E-state index contributed by atoms with van der Waals surface area (Å²) < 4.78 is 24.8. The van der Waals surface area contributed by atoms with E-state index >= 15 is 0 Å². The largest absolute Gasteiger partial charge is 0.387 e. The van der Waals surface area contributed by atoms with Crippen LogP contribution in [-0.4, -0.2) is 37.4 Å². The zero-order valence-corrected chi connectivity index (χ0v) is 10.5. The summed E-state index contributed by atoms with van der Waals surface area (Å²) in [5.41, 5.74) is 5.20. The molecule has 0 heterocycles. The number of hydrogen-bond acceptors (Lipinski definition) is 3. The molecular weight excluding hydrogens is 214 g/mol. The van der Waals surface area contributed by atoms with Crippen LogP contribution >= 0.6 is 0 Å². The van der Waals surface area contributed by atoms with Crippen LogP contribution in [0.4, 0.5) is 0 Å². The highest BCUT2D eigenvalue weighted by Gasteiger charge is 2.20. The number of likely N-dealkylation sites (N-methyl/N-ethyl adjacent to an activating group) is 1. The molecule has 0 rings (SSSR count). The lowest BCUT2D eigenvalue weighted by Crippen LogP contribution is -2.39. The molecule has 0 aromatic heterocycles. The minimum absolute atomic E-state index is 0.00305. The predicted molar refractivity (Wildman–Crippen MR) is 62.4 cm³/mol. The quantitative estimate of drug-likeness (QED) is 0.501. The standard InChI is InChI=1S/C9H21N3O2S/c1-4-12(7-9(10)11)15(13,14)6-5-8(2)3/h8H,4-7H2,1-3H3,(H3,10,11). The molecule has 15 heavy (non-hydrogen) atoms. The lowest BCUT2D eigenvalue weighted by molar-refractivity contribution is 0.460. The molecule has 0 atom stereocenters. The first-order valence-corrected chi connectivity index (χ1v) is 6.71. The van der Waals surface area contributed by atoms with Crippen molar-refractivity contribution in [2.24, 2.45) is 11.7 Å². The number of hydrogen-bond donors (Lipinski definition) is 2. The van der Waals surface area contributed by atoms with Crippen LogP contribution in [0.15, 0.2) is 0 Å². The second kappa shape index (κ2) is 6.07. The number of amidine groups is 1. The van der Waals surface area contributed by atoms with Crippen LogP contribution in [0.2, 0.25) is 0 Å². The zero-order chi connectivity index (χ0) is 12.1. The number of rotatable bonds is 7. The van der Waals surface area contributed by atoms with Gasteiger partial charge in [-0.3, -0.25) is 5.41 Å². The van der Waals surface area contributed by atoms with Gasteiger partial charge in [0, 0.05) is 6.54 Å². The Morgan fingerprint density at radius 3 is 2.33 bits per heavy atom. The molecule has 0 amide bonds. The third-order valence-corrected chi connectivity index (χ3v) is 3.97. The monoisotopic (exact) mass is 235 g/mol. The van der Waals surface area contributed by atoms with E-state index in [2.05, 4.69) is 0 Å². The van der Waals surface area contributed by atoms with Gasteiger partial charge in [-0.05, 0) is 12.3 Å². The number of nitrogens with two attached hydrogens (primary N) is 1. The molecule has 0 saturated carbocycles. The Balaban J connectivity index is 4.45. The minimum Gasteiger partial charge on any atom is -0.387 e. The van der Waals surface area contributed by atoms with E-state index in [-0.39, 0.29) is 18.1 Å². The zero-order valence-electron chi connectivity index (χ0n) is 9.66. The first-order chi connectivity index (χ1) is 6.79. The maximum Gasteiger partial charge on any atom is 0.214 e. The summed E-state index contributed by atoms with van der Waals surface area (Å²) in [5.74, 6) is 0.368. The van der Waals surface area contributed by atoms with Crippen LogP contribution in [0.3, 0.4) is 0 Å². The lowest BCUT2D eigenvalue weighted by Gasteiger charge is -2.20. The molecule has 0 aliphatic heterocycles. The predicted octanol–water partition coefficient (Wildman–Crippen LogP) is 0.620. The highest BCUT2D eigenvalue weighted by atomic mass is 32.2. The fourth-order valence-corrected chi connectivity index (χ4v) is 2.87. The highest BCUT2D eigenvalue weighted by molar-refractivity contribution is 7.89. The second-order valence-electron chi connectivity index (χ2n) is 3.95. The smallest absolute Gasteiger partial charge is 0.214 e. The molecule has 6 heteroatoms. The van der Waals surface area contributed by atoms with Crippen LogP contribution in [0.5, 0.6) is 0 Å². The van der Waals surface area contributed by atoms with E-state index in [1.54, 1.807) is 6.92 Å². The van der Waals surface area contributed by atoms with E-state index in [0.717, 1.165) is 0 Å². The van der Waals surface area contributed by atoms with E-state index in [0.29, 0.717) is 18.9 Å². The van der Waals surface area contributed by atoms with Gasteiger partial charge in [-0.15, -0.1) is 0 Å². The second-order valence-corrected chi connectivity index (χ2v) is 6.04. The molecule has 0 saturated heterocycles. The molecule has 0 aliphatic rings. The fraction of sp³-hybridized carbons (Fsp3) is 0.889. The van der Waals surface area contributed by atoms with Gasteiger partial charge in [0.05, 0.1) is 12.3 Å². The molecule has 3 N–H and O–H groups in total. The average molecular weight is 235 g/mol. The van der Waals surface area contributed by atoms with Crippen molar-refractivity contribution >= 4 is 15.9 Å². The first-order valence-electron chi connectivity index (χ1n) is 5.10. The Kier molecular flexibility index (Phi) is 5.82. The Hall–Kier alpha value is -0.620. The molecule has 5 nitrogen and oxygen atoms in total. The van der Waals surface area contributed by atoms with Gasteiger partial charge in [0.15, 0.2) is 0 Å². The third-order valence-electron chi connectivity index (χ3n) is 2.05. The van der Waals surface area contributed by atoms with Gasteiger partial charge >= 0.3 is 0 Å². The van der Waals surface area contributed by atoms with Crippen molar-refractivity contribution in [1.82, 2.24) is 4.31 Å². The summed E-state index contributed by atoms with van der Waals surface area (Å²) in [6.45, 7) is 6.07. The molecule has 0 aliphatic carbocycles. The van der Waals surface area contributed by atoms with E-state index in [9.17, 15) is 8.42 Å². The van der Waals surface area contributed by atoms with Gasteiger partial charge in [-0.1, -0.05) is 20.8 Å². The van der Waals surface area contributed by atoms with Crippen LogP contribution in [0, 0.1) is 11.3 Å². The Labute approximate surface area is 92.2 Å². The van der Waals surface area contributed by atoms with Crippen molar-refractivity contribution in [2.75, 3.05) is 18.8 Å². The van der Waals surface area contributed by atoms with Crippen LogP contribution in [-0.2, 0) is 10.0 Å². The third kappa shape index (κ3) is 5.74. The average Bonchev–Trinajstić information content (AvgIpc) is 2.10. The van der Waals surface area contributed by atoms with Crippen molar-refractivity contribution < 1.29 is 8.42 Å². The van der Waals surface area contributed by atoms with Crippen molar-refractivity contribution in [3.63, 3.8) is 0 Å². The van der Waals surface area contributed by atoms with Crippen LogP contribution in [0.25, 0.3) is 0 Å². The maximum atomic E-state index is 11.8. The first kappa shape index (κ1) is 14.4. The molecular formula is C9H21N3O2S. The fourth-order valence-electron chi connectivity index (χ4n) is 1.11. The molecule has 0 aromatic rings. The Morgan fingerprint density at radius 1 is 1.47 bits per heavy atom. The SMILES string of the molecule is CCN(CC(=N)N)S(=O)(=O)CCC(C)C.